The maximum atomic E-state index is 11.5. The number of nitrogens with zero attached hydrogens (tertiary/aromatic N) is 1. The molecule has 1 heterocycles. The summed E-state index contributed by atoms with van der Waals surface area (Å²) in [4.78, 5) is 14.2. The van der Waals surface area contributed by atoms with Crippen molar-refractivity contribution in [3.8, 4) is 6.07 Å². The summed E-state index contributed by atoms with van der Waals surface area (Å²) >= 11 is 0. The molecule has 3 N–H and O–H groups in total. The first-order chi connectivity index (χ1) is 10.2. The average Bonchev–Trinajstić information content (AvgIpc) is 2.51. The summed E-state index contributed by atoms with van der Waals surface area (Å²) in [5.41, 5.74) is 7.26. The maximum absolute atomic E-state index is 11.5. The van der Waals surface area contributed by atoms with Crippen LogP contribution in [-0.4, -0.2) is 11.5 Å². The Labute approximate surface area is 121 Å². The Kier molecular flexibility index (Phi) is 3.43. The fraction of sp³-hybridized carbons (Fsp3) is 0.176. The second kappa shape index (κ2) is 5.39. The SMILES string of the molecule is N#Cc1ccc2c(CCCN)cc3cc(=O)[nH]cc3c2c1. The van der Waals surface area contributed by atoms with E-state index in [4.69, 9.17) is 11.0 Å². The van der Waals surface area contributed by atoms with Gasteiger partial charge in [-0.3, -0.25) is 4.79 Å². The van der Waals surface area contributed by atoms with Crippen LogP contribution in [0.3, 0.4) is 0 Å². The van der Waals surface area contributed by atoms with Crippen LogP contribution in [0.15, 0.2) is 41.3 Å². The van der Waals surface area contributed by atoms with Crippen molar-refractivity contribution in [2.24, 2.45) is 5.73 Å². The van der Waals surface area contributed by atoms with Crippen LogP contribution in [-0.2, 0) is 6.42 Å². The Morgan fingerprint density at radius 2 is 2.00 bits per heavy atom. The van der Waals surface area contributed by atoms with Gasteiger partial charge in [0.25, 0.3) is 0 Å². The monoisotopic (exact) mass is 277 g/mol. The number of nitrogens with two attached hydrogens (primary N) is 1. The summed E-state index contributed by atoms with van der Waals surface area (Å²) in [6.45, 7) is 0.630. The highest BCUT2D eigenvalue weighted by Gasteiger charge is 2.08. The quantitative estimate of drug-likeness (QED) is 0.721. The number of H-pyrrole nitrogens is 1. The third-order valence-corrected chi connectivity index (χ3v) is 3.72. The van der Waals surface area contributed by atoms with Crippen molar-refractivity contribution in [1.82, 2.24) is 4.98 Å². The molecule has 4 heteroatoms. The van der Waals surface area contributed by atoms with E-state index in [1.807, 2.05) is 18.2 Å². The molecule has 0 fully saturated rings. The summed E-state index contributed by atoms with van der Waals surface area (Å²) in [6, 6.07) is 11.5. The van der Waals surface area contributed by atoms with Gasteiger partial charge in [0.05, 0.1) is 11.6 Å². The zero-order valence-electron chi connectivity index (χ0n) is 11.5. The molecule has 0 bridgehead atoms. The first kappa shape index (κ1) is 13.3. The fourth-order valence-electron chi connectivity index (χ4n) is 2.72. The highest BCUT2D eigenvalue weighted by Crippen LogP contribution is 2.29. The largest absolute Gasteiger partial charge is 0.330 e. The number of pyridine rings is 1. The maximum Gasteiger partial charge on any atom is 0.248 e. The number of nitrogens with one attached hydrogen (secondary N) is 1. The van der Waals surface area contributed by atoms with E-state index in [0.29, 0.717) is 12.1 Å². The number of rotatable bonds is 3. The molecule has 2 aromatic carbocycles. The Bertz CT molecular complexity index is 919. The molecular weight excluding hydrogens is 262 g/mol. The Balaban J connectivity index is 2.39. The van der Waals surface area contributed by atoms with Gasteiger partial charge in [-0.05, 0) is 53.2 Å². The topological polar surface area (TPSA) is 82.7 Å². The molecule has 0 atom stereocenters. The second-order valence-corrected chi connectivity index (χ2v) is 5.10. The van der Waals surface area contributed by atoms with Gasteiger partial charge in [0.1, 0.15) is 0 Å². The third-order valence-electron chi connectivity index (χ3n) is 3.72. The number of aromatic nitrogens is 1. The summed E-state index contributed by atoms with van der Waals surface area (Å²) in [5.74, 6) is 0. The van der Waals surface area contributed by atoms with Crippen LogP contribution in [0.5, 0.6) is 0 Å². The molecule has 0 radical (unpaired) electrons. The van der Waals surface area contributed by atoms with Gasteiger partial charge in [0.2, 0.25) is 5.56 Å². The molecular formula is C17H15N3O. The van der Waals surface area contributed by atoms with E-state index in [9.17, 15) is 4.79 Å². The van der Waals surface area contributed by atoms with Gasteiger partial charge in [-0.2, -0.15) is 5.26 Å². The molecule has 0 saturated carbocycles. The van der Waals surface area contributed by atoms with E-state index in [-0.39, 0.29) is 5.56 Å². The number of hydrogen-bond donors (Lipinski definition) is 2. The van der Waals surface area contributed by atoms with Crippen molar-refractivity contribution >= 4 is 21.5 Å². The summed E-state index contributed by atoms with van der Waals surface area (Å²) in [6.07, 6.45) is 3.47. The van der Waals surface area contributed by atoms with E-state index >= 15 is 0 Å². The molecule has 21 heavy (non-hydrogen) atoms. The van der Waals surface area contributed by atoms with Gasteiger partial charge in [-0.1, -0.05) is 12.1 Å². The molecule has 0 aliphatic heterocycles. The lowest BCUT2D eigenvalue weighted by atomic mass is 9.95. The lowest BCUT2D eigenvalue weighted by Crippen LogP contribution is -2.04. The van der Waals surface area contributed by atoms with Gasteiger partial charge in [0, 0.05) is 17.6 Å². The molecule has 0 aliphatic rings. The second-order valence-electron chi connectivity index (χ2n) is 5.10. The summed E-state index contributed by atoms with van der Waals surface area (Å²) < 4.78 is 0. The number of aryl methyl sites for hydroxylation is 1. The number of aromatic amines is 1. The van der Waals surface area contributed by atoms with Crippen molar-refractivity contribution in [2.75, 3.05) is 6.54 Å². The standard InChI is InChI=1S/C17H15N3O/c18-5-1-2-12-7-13-8-17(21)20-10-16(13)15-6-11(9-19)3-4-14(12)15/h3-4,6-8,10H,1-2,5,18H2,(H,20,21). The molecule has 3 rings (SSSR count). The Morgan fingerprint density at radius 3 is 2.76 bits per heavy atom. The van der Waals surface area contributed by atoms with Crippen LogP contribution in [0.4, 0.5) is 0 Å². The minimum absolute atomic E-state index is 0.122. The van der Waals surface area contributed by atoms with Crippen LogP contribution >= 0.6 is 0 Å². The van der Waals surface area contributed by atoms with Crippen molar-refractivity contribution in [3.63, 3.8) is 0 Å². The Hall–Kier alpha value is -2.64. The number of hydrogen-bond acceptors (Lipinski definition) is 3. The number of benzene rings is 2. The average molecular weight is 277 g/mol. The van der Waals surface area contributed by atoms with E-state index in [1.165, 1.54) is 0 Å². The van der Waals surface area contributed by atoms with Crippen molar-refractivity contribution in [2.45, 2.75) is 12.8 Å². The van der Waals surface area contributed by atoms with Gasteiger partial charge >= 0.3 is 0 Å². The minimum Gasteiger partial charge on any atom is -0.330 e. The summed E-state index contributed by atoms with van der Waals surface area (Å²) in [7, 11) is 0. The van der Waals surface area contributed by atoms with Gasteiger partial charge < -0.3 is 10.7 Å². The van der Waals surface area contributed by atoms with E-state index in [0.717, 1.165) is 39.9 Å². The third kappa shape index (κ3) is 2.39. The van der Waals surface area contributed by atoms with Crippen LogP contribution in [0.25, 0.3) is 21.5 Å². The number of nitriles is 1. The molecule has 1 aromatic heterocycles. The minimum atomic E-state index is -0.122. The molecule has 0 saturated heterocycles. The van der Waals surface area contributed by atoms with Gasteiger partial charge in [0.15, 0.2) is 0 Å². The predicted molar refractivity (Wildman–Crippen MR) is 84.2 cm³/mol. The smallest absolute Gasteiger partial charge is 0.248 e. The lowest BCUT2D eigenvalue weighted by Gasteiger charge is -2.10. The van der Waals surface area contributed by atoms with E-state index in [1.54, 1.807) is 12.3 Å². The number of fused-ring (bicyclic) bond motifs is 3. The Morgan fingerprint density at radius 1 is 1.14 bits per heavy atom. The van der Waals surface area contributed by atoms with Crippen molar-refractivity contribution < 1.29 is 0 Å². The fourth-order valence-corrected chi connectivity index (χ4v) is 2.72. The molecule has 0 unspecified atom stereocenters. The van der Waals surface area contributed by atoms with E-state index < -0.39 is 0 Å². The van der Waals surface area contributed by atoms with Crippen LogP contribution in [0.2, 0.25) is 0 Å². The molecule has 0 spiro atoms. The van der Waals surface area contributed by atoms with Crippen LogP contribution in [0, 0.1) is 11.3 Å². The zero-order valence-corrected chi connectivity index (χ0v) is 11.5. The van der Waals surface area contributed by atoms with E-state index in [2.05, 4.69) is 17.1 Å². The van der Waals surface area contributed by atoms with Gasteiger partial charge in [-0.25, -0.2) is 0 Å². The van der Waals surface area contributed by atoms with Crippen molar-refractivity contribution in [1.29, 1.82) is 5.26 Å². The molecule has 3 aromatic rings. The predicted octanol–water partition coefficient (Wildman–Crippen LogP) is 2.44. The first-order valence-electron chi connectivity index (χ1n) is 6.91. The zero-order chi connectivity index (χ0) is 14.8. The molecule has 4 nitrogen and oxygen atoms in total. The summed E-state index contributed by atoms with van der Waals surface area (Å²) in [5, 5.41) is 13.1. The van der Waals surface area contributed by atoms with Crippen molar-refractivity contribution in [3.05, 3.63) is 58.0 Å². The highest BCUT2D eigenvalue weighted by atomic mass is 16.1. The molecule has 0 amide bonds. The highest BCUT2D eigenvalue weighted by molar-refractivity contribution is 6.09. The first-order valence-corrected chi connectivity index (χ1v) is 6.91. The molecule has 0 aliphatic carbocycles. The molecule has 104 valence electrons. The van der Waals surface area contributed by atoms with Gasteiger partial charge in [-0.15, -0.1) is 0 Å². The lowest BCUT2D eigenvalue weighted by molar-refractivity contribution is 0.838. The van der Waals surface area contributed by atoms with Crippen LogP contribution in [0.1, 0.15) is 17.5 Å². The van der Waals surface area contributed by atoms with Crippen LogP contribution < -0.4 is 11.3 Å². The normalized spacial score (nSPS) is 10.9.